The topological polar surface area (TPSA) is 104 Å². The lowest BCUT2D eigenvalue weighted by Gasteiger charge is -2.36. The molecule has 0 aliphatic heterocycles. The number of amides is 2. The van der Waals surface area contributed by atoms with Crippen molar-refractivity contribution in [2.75, 3.05) is 19.0 Å². The minimum Gasteiger partial charge on any atom is -0.388 e. The predicted octanol–water partition coefficient (Wildman–Crippen LogP) is 4.30. The van der Waals surface area contributed by atoms with Crippen LogP contribution in [0.3, 0.4) is 0 Å². The summed E-state index contributed by atoms with van der Waals surface area (Å²) in [5.74, 6) is -0.568. The molecule has 2 N–H and O–H groups in total. The molecule has 4 aromatic rings. The van der Waals surface area contributed by atoms with Gasteiger partial charge in [-0.3, -0.25) is 14.3 Å². The number of likely N-dealkylation sites (N-methyl/N-ethyl adjacent to an activating group) is 1. The van der Waals surface area contributed by atoms with E-state index in [-0.39, 0.29) is 11.8 Å². The van der Waals surface area contributed by atoms with Gasteiger partial charge in [0.1, 0.15) is 5.01 Å². The Kier molecular flexibility index (Phi) is 9.34. The second-order valence-electron chi connectivity index (χ2n) is 9.90. The van der Waals surface area contributed by atoms with Gasteiger partial charge in [-0.15, -0.1) is 11.3 Å². The number of anilines is 1. The number of nitrogens with one attached hydrogen (secondary N) is 1. The standard InChI is InChI=1S/C30H36N6O3S/c1-6-36-17-25(16-31-36)35(5)27(22-11-8-7-9-12-22)28(37)21(3)33-29(38)23-13-10-14-24(15-23)30(39)34(4)18-26-32-20(2)19-40-26/h7-17,19,21,27-28,37H,6,18H2,1-5H3,(H,33,38). The van der Waals surface area contributed by atoms with Crippen LogP contribution in [-0.4, -0.2) is 62.8 Å². The maximum atomic E-state index is 13.3. The summed E-state index contributed by atoms with van der Waals surface area (Å²) >= 11 is 1.51. The molecule has 2 aromatic heterocycles. The van der Waals surface area contributed by atoms with Crippen LogP contribution < -0.4 is 10.2 Å². The molecule has 9 nitrogen and oxygen atoms in total. The van der Waals surface area contributed by atoms with Crippen LogP contribution in [0.1, 0.15) is 56.9 Å². The van der Waals surface area contributed by atoms with Crippen LogP contribution in [0.15, 0.2) is 72.4 Å². The lowest BCUT2D eigenvalue weighted by atomic mass is 9.95. The number of carbonyl (C=O) groups is 2. The molecule has 2 aromatic carbocycles. The van der Waals surface area contributed by atoms with Crippen molar-refractivity contribution in [2.24, 2.45) is 0 Å². The maximum Gasteiger partial charge on any atom is 0.253 e. The van der Waals surface area contributed by atoms with Crippen molar-refractivity contribution in [1.29, 1.82) is 0 Å². The average molecular weight is 561 g/mol. The molecule has 0 saturated heterocycles. The van der Waals surface area contributed by atoms with Gasteiger partial charge in [-0.1, -0.05) is 36.4 Å². The summed E-state index contributed by atoms with van der Waals surface area (Å²) in [7, 11) is 3.62. The third-order valence-corrected chi connectivity index (χ3v) is 7.81. The molecule has 210 valence electrons. The van der Waals surface area contributed by atoms with Gasteiger partial charge in [0, 0.05) is 49.0 Å². The first-order chi connectivity index (χ1) is 19.2. The molecule has 0 spiro atoms. The van der Waals surface area contributed by atoms with Crippen LogP contribution in [-0.2, 0) is 13.1 Å². The average Bonchev–Trinajstić information content (AvgIpc) is 3.62. The SMILES string of the molecule is CCn1cc(N(C)C(c2ccccc2)C(O)C(C)NC(=O)c2cccc(C(=O)N(C)Cc3nc(C)cs3)c2)cn1. The number of hydrogen-bond acceptors (Lipinski definition) is 7. The van der Waals surface area contributed by atoms with E-state index in [1.54, 1.807) is 49.3 Å². The molecule has 0 bridgehead atoms. The number of benzene rings is 2. The lowest BCUT2D eigenvalue weighted by molar-refractivity contribution is 0.0783. The first kappa shape index (κ1) is 29.0. The molecule has 0 aliphatic carbocycles. The van der Waals surface area contributed by atoms with Gasteiger partial charge in [-0.2, -0.15) is 5.10 Å². The van der Waals surface area contributed by atoms with E-state index < -0.39 is 18.2 Å². The van der Waals surface area contributed by atoms with Crippen LogP contribution in [0, 0.1) is 6.92 Å². The van der Waals surface area contributed by atoms with E-state index in [0.717, 1.165) is 28.5 Å². The summed E-state index contributed by atoms with van der Waals surface area (Å²) in [6.45, 7) is 6.84. The minimum atomic E-state index is -0.945. The highest BCUT2D eigenvalue weighted by molar-refractivity contribution is 7.09. The highest BCUT2D eigenvalue weighted by Gasteiger charge is 2.31. The van der Waals surface area contributed by atoms with Crippen molar-refractivity contribution in [3.05, 3.63) is 99.8 Å². The zero-order chi connectivity index (χ0) is 28.8. The highest BCUT2D eigenvalue weighted by atomic mass is 32.1. The number of thiazole rings is 1. The molecule has 3 atom stereocenters. The fraction of sp³-hybridized carbons (Fsp3) is 0.333. The maximum absolute atomic E-state index is 13.3. The van der Waals surface area contributed by atoms with Crippen molar-refractivity contribution in [3.8, 4) is 0 Å². The molecule has 0 saturated carbocycles. The predicted molar refractivity (Wildman–Crippen MR) is 158 cm³/mol. The molecular weight excluding hydrogens is 524 g/mol. The van der Waals surface area contributed by atoms with E-state index in [2.05, 4.69) is 15.4 Å². The fourth-order valence-corrected chi connectivity index (χ4v) is 5.41. The molecule has 0 radical (unpaired) electrons. The third kappa shape index (κ3) is 6.75. The Morgan fingerprint density at radius 3 is 2.48 bits per heavy atom. The zero-order valence-corrected chi connectivity index (χ0v) is 24.3. The van der Waals surface area contributed by atoms with Gasteiger partial charge in [-0.25, -0.2) is 4.98 Å². The Morgan fingerprint density at radius 2 is 1.82 bits per heavy atom. The second-order valence-corrected chi connectivity index (χ2v) is 10.8. The van der Waals surface area contributed by atoms with Crippen molar-refractivity contribution < 1.29 is 14.7 Å². The molecule has 0 aliphatic rings. The minimum absolute atomic E-state index is 0.200. The van der Waals surface area contributed by atoms with Gasteiger partial charge in [0.05, 0.1) is 36.6 Å². The Bertz CT molecular complexity index is 1440. The Balaban J connectivity index is 1.48. The summed E-state index contributed by atoms with van der Waals surface area (Å²) < 4.78 is 1.83. The molecule has 40 heavy (non-hydrogen) atoms. The van der Waals surface area contributed by atoms with Gasteiger partial charge >= 0.3 is 0 Å². The fourth-order valence-electron chi connectivity index (χ4n) is 4.58. The molecule has 3 unspecified atom stereocenters. The number of aryl methyl sites for hydroxylation is 2. The van der Waals surface area contributed by atoms with E-state index in [1.165, 1.54) is 11.3 Å². The van der Waals surface area contributed by atoms with Crippen LogP contribution in [0.5, 0.6) is 0 Å². The normalized spacial score (nSPS) is 13.3. The van der Waals surface area contributed by atoms with Gasteiger partial charge in [0.15, 0.2) is 0 Å². The van der Waals surface area contributed by atoms with Gasteiger partial charge in [0.25, 0.3) is 11.8 Å². The summed E-state index contributed by atoms with van der Waals surface area (Å²) in [6.07, 6.45) is 2.75. The molecule has 2 amide bonds. The monoisotopic (exact) mass is 560 g/mol. The number of aromatic nitrogens is 3. The summed E-state index contributed by atoms with van der Waals surface area (Å²) in [5.41, 5.74) is 3.45. The zero-order valence-electron chi connectivity index (χ0n) is 23.5. The Morgan fingerprint density at radius 1 is 1.10 bits per heavy atom. The van der Waals surface area contributed by atoms with Crippen LogP contribution >= 0.6 is 11.3 Å². The van der Waals surface area contributed by atoms with E-state index in [1.807, 2.05) is 72.4 Å². The van der Waals surface area contributed by atoms with Crippen molar-refractivity contribution in [2.45, 2.75) is 52.0 Å². The largest absolute Gasteiger partial charge is 0.388 e. The molecular formula is C30H36N6O3S. The highest BCUT2D eigenvalue weighted by Crippen LogP contribution is 2.30. The smallest absolute Gasteiger partial charge is 0.253 e. The summed E-state index contributed by atoms with van der Waals surface area (Å²) in [6, 6.07) is 15.3. The third-order valence-electron chi connectivity index (χ3n) is 6.86. The number of aliphatic hydroxyl groups excluding tert-OH is 1. The van der Waals surface area contributed by atoms with Crippen LogP contribution in [0.25, 0.3) is 0 Å². The van der Waals surface area contributed by atoms with Gasteiger partial charge < -0.3 is 20.2 Å². The van der Waals surface area contributed by atoms with Gasteiger partial charge in [-0.05, 0) is 44.5 Å². The van der Waals surface area contributed by atoms with Crippen LogP contribution in [0.4, 0.5) is 5.69 Å². The second kappa shape index (κ2) is 12.9. The number of hydrogen-bond donors (Lipinski definition) is 2. The quantitative estimate of drug-likeness (QED) is 0.284. The number of aliphatic hydroxyl groups is 1. The lowest BCUT2D eigenvalue weighted by Crippen LogP contribution is -2.48. The molecule has 4 rings (SSSR count). The van der Waals surface area contributed by atoms with E-state index in [0.29, 0.717) is 17.7 Å². The first-order valence-electron chi connectivity index (χ1n) is 13.2. The van der Waals surface area contributed by atoms with E-state index in [9.17, 15) is 14.7 Å². The molecule has 0 fully saturated rings. The first-order valence-corrected chi connectivity index (χ1v) is 14.1. The Hall–Kier alpha value is -4.02. The molecule has 10 heteroatoms. The van der Waals surface area contributed by atoms with E-state index in [4.69, 9.17) is 0 Å². The Labute approximate surface area is 239 Å². The van der Waals surface area contributed by atoms with Crippen molar-refractivity contribution in [1.82, 2.24) is 25.0 Å². The van der Waals surface area contributed by atoms with Gasteiger partial charge in [0.2, 0.25) is 0 Å². The van der Waals surface area contributed by atoms with E-state index >= 15 is 0 Å². The summed E-state index contributed by atoms with van der Waals surface area (Å²) in [4.78, 5) is 34.3. The van der Waals surface area contributed by atoms with Crippen molar-refractivity contribution in [3.63, 3.8) is 0 Å². The number of rotatable bonds is 11. The molecule has 2 heterocycles. The van der Waals surface area contributed by atoms with Crippen molar-refractivity contribution >= 4 is 28.8 Å². The summed E-state index contributed by atoms with van der Waals surface area (Å²) in [5, 5.41) is 21.6. The van der Waals surface area contributed by atoms with Crippen LogP contribution in [0.2, 0.25) is 0 Å². The number of carbonyl (C=O) groups excluding carboxylic acids is 2. The number of nitrogens with zero attached hydrogens (tertiary/aromatic N) is 5.